The molecule has 0 aromatic rings. The molecule has 1 aliphatic heterocycles. The molecule has 0 aromatic carbocycles. The first-order chi connectivity index (χ1) is 6.97. The van der Waals surface area contributed by atoms with E-state index < -0.39 is 43.5 Å². The summed E-state index contributed by atoms with van der Waals surface area (Å²) >= 11 is 0. The fourth-order valence-corrected chi connectivity index (χ4v) is 1.47. The van der Waals surface area contributed by atoms with Gasteiger partial charge in [0.25, 0.3) is 0 Å². The van der Waals surface area contributed by atoms with Crippen LogP contribution in [0.3, 0.4) is 0 Å². The van der Waals surface area contributed by atoms with Gasteiger partial charge in [0.1, 0.15) is 30.6 Å². The molecular weight excluding hydrogens is 206 g/mol. The third kappa shape index (κ3) is 2.85. The van der Waals surface area contributed by atoms with Crippen LogP contribution >= 0.6 is 0 Å². The zero-order chi connectivity index (χ0) is 11.6. The molecule has 1 unspecified atom stereocenters. The summed E-state index contributed by atoms with van der Waals surface area (Å²) in [5, 5.41) is 37.3. The summed E-state index contributed by atoms with van der Waals surface area (Å²) in [6.07, 6.45) is -6.95. The maximum Gasteiger partial charge on any atom is 0.184 e. The van der Waals surface area contributed by atoms with Crippen LogP contribution in [-0.4, -0.2) is 64.0 Å². The Morgan fingerprint density at radius 3 is 2.40 bits per heavy atom. The molecule has 0 radical (unpaired) electrons. The van der Waals surface area contributed by atoms with E-state index in [1.165, 1.54) is 6.92 Å². The summed E-state index contributed by atoms with van der Waals surface area (Å²) in [7, 11) is 0. The van der Waals surface area contributed by atoms with Crippen LogP contribution in [0.2, 0.25) is 0 Å². The maximum absolute atomic E-state index is 9.58. The van der Waals surface area contributed by atoms with E-state index in [1.54, 1.807) is 0 Å². The zero-order valence-corrected chi connectivity index (χ0v) is 8.35. The molecule has 0 bridgehead atoms. The van der Waals surface area contributed by atoms with Gasteiger partial charge in [-0.2, -0.15) is 0 Å². The highest BCUT2D eigenvalue weighted by Gasteiger charge is 2.44. The van der Waals surface area contributed by atoms with E-state index in [1.807, 2.05) is 0 Å². The first-order valence-electron chi connectivity index (χ1n) is 4.69. The van der Waals surface area contributed by atoms with Crippen molar-refractivity contribution >= 4 is 0 Å². The lowest BCUT2D eigenvalue weighted by Gasteiger charge is -2.40. The molecule has 7 heteroatoms. The van der Waals surface area contributed by atoms with Crippen LogP contribution in [0, 0.1) is 0 Å². The van der Waals surface area contributed by atoms with Crippen molar-refractivity contribution in [1.82, 2.24) is 0 Å². The van der Waals surface area contributed by atoms with E-state index in [-0.39, 0.29) is 0 Å². The van der Waals surface area contributed by atoms with E-state index in [0.717, 1.165) is 0 Å². The predicted octanol–water partition coefficient (Wildman–Crippen LogP) is -2.89. The van der Waals surface area contributed by atoms with E-state index >= 15 is 0 Å². The van der Waals surface area contributed by atoms with Crippen molar-refractivity contribution in [3.8, 4) is 0 Å². The molecule has 0 amide bonds. The van der Waals surface area contributed by atoms with Crippen LogP contribution in [0.15, 0.2) is 0 Å². The number of aliphatic hydroxyl groups is 4. The quantitative estimate of drug-likeness (QED) is 0.325. The van der Waals surface area contributed by atoms with Crippen molar-refractivity contribution in [2.45, 2.75) is 43.9 Å². The summed E-state index contributed by atoms with van der Waals surface area (Å²) in [6, 6.07) is 0. The first kappa shape index (κ1) is 12.8. The molecule has 0 aliphatic carbocycles. The lowest BCUT2D eigenvalue weighted by molar-refractivity contribution is -0.302. The summed E-state index contributed by atoms with van der Waals surface area (Å²) < 4.78 is 9.84. The summed E-state index contributed by atoms with van der Waals surface area (Å²) in [5.74, 6) is 0. The SMILES string of the molecule is CC(N)O[C@H]1[C@@H](O)[C@H](O)[C@@H](CO)O[C@@H]1O. The minimum Gasteiger partial charge on any atom is -0.394 e. The van der Waals surface area contributed by atoms with E-state index in [2.05, 4.69) is 0 Å². The fraction of sp³-hybridized carbons (Fsp3) is 1.00. The van der Waals surface area contributed by atoms with Gasteiger partial charge in [0.05, 0.1) is 6.61 Å². The minimum absolute atomic E-state index is 0.500. The lowest BCUT2D eigenvalue weighted by Crippen LogP contribution is -2.60. The minimum atomic E-state index is -1.42. The average Bonchev–Trinajstić information content (AvgIpc) is 2.18. The molecule has 7 nitrogen and oxygen atoms in total. The number of hydrogen-bond donors (Lipinski definition) is 5. The number of ether oxygens (including phenoxy) is 2. The fourth-order valence-electron chi connectivity index (χ4n) is 1.47. The second-order valence-corrected chi connectivity index (χ2v) is 3.53. The molecule has 1 aliphatic rings. The van der Waals surface area contributed by atoms with Crippen molar-refractivity contribution in [3.05, 3.63) is 0 Å². The molecule has 0 saturated carbocycles. The lowest BCUT2D eigenvalue weighted by atomic mass is 9.99. The van der Waals surface area contributed by atoms with Crippen LogP contribution < -0.4 is 5.73 Å². The second kappa shape index (κ2) is 5.17. The van der Waals surface area contributed by atoms with Crippen molar-refractivity contribution in [2.75, 3.05) is 6.61 Å². The number of nitrogens with two attached hydrogens (primary N) is 1. The molecule has 0 aromatic heterocycles. The van der Waals surface area contributed by atoms with Crippen LogP contribution in [0.1, 0.15) is 6.92 Å². The Morgan fingerprint density at radius 2 is 1.93 bits per heavy atom. The number of aliphatic hydroxyl groups excluding tert-OH is 4. The van der Waals surface area contributed by atoms with Crippen molar-refractivity contribution in [2.24, 2.45) is 5.73 Å². The molecule has 6 atom stereocenters. The van der Waals surface area contributed by atoms with Gasteiger partial charge in [-0.25, -0.2) is 0 Å². The molecule has 6 N–H and O–H groups in total. The Kier molecular flexibility index (Phi) is 4.41. The average molecular weight is 223 g/mol. The Bertz CT molecular complexity index is 202. The van der Waals surface area contributed by atoms with Gasteiger partial charge in [-0.3, -0.25) is 0 Å². The molecule has 1 fully saturated rings. The van der Waals surface area contributed by atoms with E-state index in [4.69, 9.17) is 20.3 Å². The van der Waals surface area contributed by atoms with Crippen LogP contribution in [0.25, 0.3) is 0 Å². The topological polar surface area (TPSA) is 125 Å². The van der Waals surface area contributed by atoms with Crippen LogP contribution in [-0.2, 0) is 9.47 Å². The predicted molar refractivity (Wildman–Crippen MR) is 48.5 cm³/mol. The summed E-state index contributed by atoms with van der Waals surface area (Å²) in [5.41, 5.74) is 5.33. The van der Waals surface area contributed by atoms with Crippen LogP contribution in [0.5, 0.6) is 0 Å². The third-order valence-corrected chi connectivity index (χ3v) is 2.21. The molecular formula is C8H17NO6. The van der Waals surface area contributed by atoms with Gasteiger partial charge in [0, 0.05) is 0 Å². The molecule has 0 spiro atoms. The largest absolute Gasteiger partial charge is 0.394 e. The highest BCUT2D eigenvalue weighted by molar-refractivity contribution is 4.89. The highest BCUT2D eigenvalue weighted by Crippen LogP contribution is 2.22. The van der Waals surface area contributed by atoms with Gasteiger partial charge in [-0.1, -0.05) is 0 Å². The molecule has 90 valence electrons. The van der Waals surface area contributed by atoms with Crippen molar-refractivity contribution < 1.29 is 29.9 Å². The van der Waals surface area contributed by atoms with Gasteiger partial charge in [0.2, 0.25) is 0 Å². The number of rotatable bonds is 3. The maximum atomic E-state index is 9.58. The van der Waals surface area contributed by atoms with Crippen LogP contribution in [0.4, 0.5) is 0 Å². The third-order valence-electron chi connectivity index (χ3n) is 2.21. The highest BCUT2D eigenvalue weighted by atomic mass is 16.7. The van der Waals surface area contributed by atoms with E-state index in [0.29, 0.717) is 0 Å². The van der Waals surface area contributed by atoms with Gasteiger partial charge in [0.15, 0.2) is 6.29 Å². The Balaban J connectivity index is 2.66. The van der Waals surface area contributed by atoms with Crippen molar-refractivity contribution in [3.63, 3.8) is 0 Å². The van der Waals surface area contributed by atoms with Gasteiger partial charge in [-0.15, -0.1) is 0 Å². The van der Waals surface area contributed by atoms with E-state index in [9.17, 15) is 15.3 Å². The van der Waals surface area contributed by atoms with Gasteiger partial charge in [-0.05, 0) is 6.92 Å². The Morgan fingerprint density at radius 1 is 1.33 bits per heavy atom. The summed E-state index contributed by atoms with van der Waals surface area (Å²) in [4.78, 5) is 0. The monoisotopic (exact) mass is 223 g/mol. The second-order valence-electron chi connectivity index (χ2n) is 3.53. The van der Waals surface area contributed by atoms with Gasteiger partial charge < -0.3 is 35.6 Å². The Labute approximate surface area is 87.0 Å². The van der Waals surface area contributed by atoms with Crippen molar-refractivity contribution in [1.29, 1.82) is 0 Å². The summed E-state index contributed by atoms with van der Waals surface area (Å²) in [6.45, 7) is 1.02. The normalized spacial score (nSPS) is 44.0. The molecule has 1 heterocycles. The molecule has 1 rings (SSSR count). The standard InChI is InChI=1S/C8H17NO6/c1-3(9)14-7-6(12)5(11)4(2-10)15-8(7)13/h3-8,10-13H,2,9H2,1H3/t3?,4-,5-,6+,7+,8+/m1/s1. The number of hydrogen-bond acceptors (Lipinski definition) is 7. The van der Waals surface area contributed by atoms with Gasteiger partial charge >= 0.3 is 0 Å². The first-order valence-corrected chi connectivity index (χ1v) is 4.69. The smallest absolute Gasteiger partial charge is 0.184 e. The molecule has 15 heavy (non-hydrogen) atoms. The zero-order valence-electron chi connectivity index (χ0n) is 8.35. The molecule has 1 saturated heterocycles. The Hall–Kier alpha value is -0.280.